The molecule has 0 saturated heterocycles. The van der Waals surface area contributed by atoms with Crippen molar-refractivity contribution in [2.75, 3.05) is 13.7 Å². The number of carbonyl (C=O) groups is 2. The highest BCUT2D eigenvalue weighted by atomic mass is 16.5. The number of hydrogen-bond donors (Lipinski definition) is 1. The van der Waals surface area contributed by atoms with Crippen molar-refractivity contribution >= 4 is 11.9 Å². The second-order valence-electron chi connectivity index (χ2n) is 5.43. The monoisotopic (exact) mass is 305 g/mol. The maximum absolute atomic E-state index is 11.7. The van der Waals surface area contributed by atoms with Gasteiger partial charge in [-0.15, -0.1) is 0 Å². The van der Waals surface area contributed by atoms with Crippen LogP contribution in [0.3, 0.4) is 0 Å². The van der Waals surface area contributed by atoms with Crippen LogP contribution in [0, 0.1) is 0 Å². The Kier molecular flexibility index (Phi) is 9.75. The molecule has 0 aliphatic rings. The highest BCUT2D eigenvalue weighted by molar-refractivity contribution is 5.75. The van der Waals surface area contributed by atoms with Gasteiger partial charge in [0.25, 0.3) is 0 Å². The smallest absolute Gasteiger partial charge is 0.305 e. The van der Waals surface area contributed by atoms with Gasteiger partial charge in [0.1, 0.15) is 0 Å². The number of amides is 1. The van der Waals surface area contributed by atoms with E-state index in [1.807, 2.05) is 18.2 Å². The van der Waals surface area contributed by atoms with Crippen LogP contribution in [0.1, 0.15) is 50.5 Å². The first-order valence-corrected chi connectivity index (χ1v) is 8.10. The maximum atomic E-state index is 11.7. The third kappa shape index (κ3) is 9.16. The van der Waals surface area contributed by atoms with Gasteiger partial charge in [0.2, 0.25) is 5.91 Å². The summed E-state index contributed by atoms with van der Waals surface area (Å²) in [6.07, 6.45) is 6.70. The fraction of sp³-hybridized carbons (Fsp3) is 0.556. The zero-order chi connectivity index (χ0) is 16.0. The minimum atomic E-state index is -0.164. The topological polar surface area (TPSA) is 55.4 Å². The number of hydrogen-bond acceptors (Lipinski definition) is 3. The highest BCUT2D eigenvalue weighted by Gasteiger charge is 2.02. The Morgan fingerprint density at radius 3 is 2.41 bits per heavy atom. The molecular weight excluding hydrogens is 278 g/mol. The Labute approximate surface area is 133 Å². The molecule has 1 aromatic carbocycles. The average Bonchev–Trinajstić information content (AvgIpc) is 2.55. The zero-order valence-corrected chi connectivity index (χ0v) is 13.5. The molecule has 0 spiro atoms. The van der Waals surface area contributed by atoms with Crippen LogP contribution in [0.2, 0.25) is 0 Å². The lowest BCUT2D eigenvalue weighted by Crippen LogP contribution is -2.24. The molecule has 0 bridgehead atoms. The summed E-state index contributed by atoms with van der Waals surface area (Å²) in [6, 6.07) is 10.3. The molecule has 0 aliphatic heterocycles. The van der Waals surface area contributed by atoms with Crippen molar-refractivity contribution in [1.82, 2.24) is 5.32 Å². The van der Waals surface area contributed by atoms with Crippen LogP contribution in [0.4, 0.5) is 0 Å². The summed E-state index contributed by atoms with van der Waals surface area (Å²) in [4.78, 5) is 22.6. The molecule has 0 atom stereocenters. The first kappa shape index (κ1) is 18.2. The van der Waals surface area contributed by atoms with E-state index < -0.39 is 0 Å². The quantitative estimate of drug-likeness (QED) is 0.504. The molecule has 0 fully saturated rings. The van der Waals surface area contributed by atoms with Crippen LogP contribution in [0.15, 0.2) is 30.3 Å². The second kappa shape index (κ2) is 11.8. The lowest BCUT2D eigenvalue weighted by Gasteiger charge is -2.05. The summed E-state index contributed by atoms with van der Waals surface area (Å²) in [6.45, 7) is 0.693. The minimum absolute atomic E-state index is 0.126. The van der Waals surface area contributed by atoms with Crippen LogP contribution < -0.4 is 5.32 Å². The van der Waals surface area contributed by atoms with E-state index in [1.54, 1.807) is 0 Å². The van der Waals surface area contributed by atoms with Gasteiger partial charge in [0.15, 0.2) is 0 Å². The molecule has 0 unspecified atom stereocenters. The maximum Gasteiger partial charge on any atom is 0.305 e. The number of aryl methyl sites for hydroxylation is 1. The van der Waals surface area contributed by atoms with E-state index in [1.165, 1.54) is 12.7 Å². The van der Waals surface area contributed by atoms with E-state index in [0.717, 1.165) is 38.5 Å². The van der Waals surface area contributed by atoms with Crippen molar-refractivity contribution in [3.05, 3.63) is 35.9 Å². The molecule has 22 heavy (non-hydrogen) atoms. The number of nitrogens with one attached hydrogen (secondary N) is 1. The van der Waals surface area contributed by atoms with Crippen LogP contribution >= 0.6 is 0 Å². The van der Waals surface area contributed by atoms with Crippen LogP contribution in [-0.4, -0.2) is 25.5 Å². The Bertz CT molecular complexity index is 431. The molecule has 122 valence electrons. The first-order chi connectivity index (χ1) is 10.7. The molecule has 1 N–H and O–H groups in total. The molecule has 0 saturated carbocycles. The number of rotatable bonds is 11. The van der Waals surface area contributed by atoms with E-state index in [0.29, 0.717) is 19.4 Å². The van der Waals surface area contributed by atoms with Crippen LogP contribution in [-0.2, 0) is 20.7 Å². The Morgan fingerprint density at radius 2 is 1.68 bits per heavy atom. The van der Waals surface area contributed by atoms with Gasteiger partial charge >= 0.3 is 5.97 Å². The number of benzene rings is 1. The number of unbranched alkanes of at least 4 members (excludes halogenated alkanes) is 3. The average molecular weight is 305 g/mol. The molecule has 0 aliphatic carbocycles. The number of methoxy groups -OCH3 is 1. The van der Waals surface area contributed by atoms with E-state index in [-0.39, 0.29) is 11.9 Å². The van der Waals surface area contributed by atoms with Gasteiger partial charge in [-0.2, -0.15) is 0 Å². The number of ether oxygens (including phenoxy) is 1. The summed E-state index contributed by atoms with van der Waals surface area (Å²) >= 11 is 0. The Balaban J connectivity index is 1.92. The first-order valence-electron chi connectivity index (χ1n) is 8.10. The molecular formula is C18H27NO3. The van der Waals surface area contributed by atoms with E-state index in [9.17, 15) is 9.59 Å². The van der Waals surface area contributed by atoms with Crippen molar-refractivity contribution in [3.8, 4) is 0 Å². The molecule has 1 aromatic rings. The lowest BCUT2D eigenvalue weighted by atomic mass is 10.1. The van der Waals surface area contributed by atoms with Gasteiger partial charge in [-0.3, -0.25) is 9.59 Å². The normalized spacial score (nSPS) is 10.2. The van der Waals surface area contributed by atoms with Gasteiger partial charge < -0.3 is 10.1 Å². The molecule has 1 rings (SSSR count). The predicted molar refractivity (Wildman–Crippen MR) is 87.5 cm³/mol. The fourth-order valence-electron chi connectivity index (χ4n) is 2.25. The van der Waals surface area contributed by atoms with Crippen molar-refractivity contribution in [3.63, 3.8) is 0 Å². The predicted octanol–water partition coefficient (Wildman–Crippen LogP) is 3.25. The molecule has 1 amide bonds. The highest BCUT2D eigenvalue weighted by Crippen LogP contribution is 2.06. The standard InChI is InChI=1S/C18H27NO3/c1-22-18(21)14-6-3-9-15-19-17(20)13-8-7-12-16-10-4-2-5-11-16/h2,4-5,10-11H,3,6-9,12-15H2,1H3,(H,19,20). The lowest BCUT2D eigenvalue weighted by molar-refractivity contribution is -0.140. The summed E-state index contributed by atoms with van der Waals surface area (Å²) in [7, 11) is 1.40. The zero-order valence-electron chi connectivity index (χ0n) is 13.5. The number of carbonyl (C=O) groups excluding carboxylic acids is 2. The fourth-order valence-corrected chi connectivity index (χ4v) is 2.25. The van der Waals surface area contributed by atoms with Gasteiger partial charge in [0.05, 0.1) is 7.11 Å². The van der Waals surface area contributed by atoms with E-state index in [2.05, 4.69) is 22.2 Å². The minimum Gasteiger partial charge on any atom is -0.469 e. The summed E-state index contributed by atoms with van der Waals surface area (Å²) in [5.74, 6) is -0.0384. The third-order valence-corrected chi connectivity index (χ3v) is 3.57. The van der Waals surface area contributed by atoms with Crippen molar-refractivity contribution in [1.29, 1.82) is 0 Å². The molecule has 4 heteroatoms. The molecule has 0 heterocycles. The molecule has 4 nitrogen and oxygen atoms in total. The van der Waals surface area contributed by atoms with Crippen molar-refractivity contribution in [2.24, 2.45) is 0 Å². The van der Waals surface area contributed by atoms with Crippen LogP contribution in [0.5, 0.6) is 0 Å². The Hall–Kier alpha value is -1.84. The largest absolute Gasteiger partial charge is 0.469 e. The second-order valence-corrected chi connectivity index (χ2v) is 5.43. The van der Waals surface area contributed by atoms with Gasteiger partial charge in [-0.25, -0.2) is 0 Å². The Morgan fingerprint density at radius 1 is 0.955 bits per heavy atom. The van der Waals surface area contributed by atoms with Gasteiger partial charge in [-0.05, 0) is 37.7 Å². The van der Waals surface area contributed by atoms with Gasteiger partial charge in [0, 0.05) is 19.4 Å². The van der Waals surface area contributed by atoms with E-state index >= 15 is 0 Å². The van der Waals surface area contributed by atoms with E-state index in [4.69, 9.17) is 0 Å². The number of esters is 1. The summed E-state index contributed by atoms with van der Waals surface area (Å²) in [5, 5.41) is 2.93. The molecule has 0 radical (unpaired) electrons. The third-order valence-electron chi connectivity index (χ3n) is 3.57. The molecule has 0 aromatic heterocycles. The van der Waals surface area contributed by atoms with Crippen LogP contribution in [0.25, 0.3) is 0 Å². The summed E-state index contributed by atoms with van der Waals surface area (Å²) < 4.78 is 4.57. The summed E-state index contributed by atoms with van der Waals surface area (Å²) in [5.41, 5.74) is 1.33. The van der Waals surface area contributed by atoms with Gasteiger partial charge in [-0.1, -0.05) is 36.8 Å². The SMILES string of the molecule is COC(=O)CCCCCNC(=O)CCCCc1ccccc1. The van der Waals surface area contributed by atoms with Crippen molar-refractivity contribution in [2.45, 2.75) is 51.4 Å². The van der Waals surface area contributed by atoms with Crippen molar-refractivity contribution < 1.29 is 14.3 Å².